The Morgan fingerprint density at radius 2 is 1.63 bits per heavy atom. The van der Waals surface area contributed by atoms with Gasteiger partial charge in [0.05, 0.1) is 0 Å². The standard InChI is InChI=1S/C18H22O/c1-11-3-2-4-14(5-11)18(19)17-15-7-12-6-13(9-15)10-16(17)8-12/h2-5,12-13,15-17H,6-10H2,1H3. The SMILES string of the molecule is Cc1cccc(C(=O)C2C3CC4CC(C3)CC2C4)c1. The molecule has 0 N–H and O–H groups in total. The molecular weight excluding hydrogens is 232 g/mol. The first-order valence-corrected chi connectivity index (χ1v) is 7.81. The monoisotopic (exact) mass is 254 g/mol. The Kier molecular flexibility index (Phi) is 2.58. The summed E-state index contributed by atoms with van der Waals surface area (Å²) >= 11 is 0. The van der Waals surface area contributed by atoms with Gasteiger partial charge in [-0.2, -0.15) is 0 Å². The topological polar surface area (TPSA) is 17.1 Å². The van der Waals surface area contributed by atoms with Crippen molar-refractivity contribution < 1.29 is 4.79 Å². The third-order valence-corrected chi connectivity index (χ3v) is 5.83. The number of ketones is 1. The van der Waals surface area contributed by atoms with Gasteiger partial charge in [0.1, 0.15) is 0 Å². The highest BCUT2D eigenvalue weighted by Gasteiger charge is 2.50. The summed E-state index contributed by atoms with van der Waals surface area (Å²) in [5.74, 6) is 4.08. The molecule has 4 fully saturated rings. The van der Waals surface area contributed by atoms with E-state index in [9.17, 15) is 4.79 Å². The molecule has 0 aromatic heterocycles. The second-order valence-electron chi connectivity index (χ2n) is 7.19. The third kappa shape index (κ3) is 1.86. The normalized spacial score (nSPS) is 39.5. The predicted molar refractivity (Wildman–Crippen MR) is 76.0 cm³/mol. The van der Waals surface area contributed by atoms with E-state index in [2.05, 4.69) is 19.1 Å². The van der Waals surface area contributed by atoms with Gasteiger partial charge in [-0.05, 0) is 68.8 Å². The number of aryl methyl sites for hydroxylation is 1. The second-order valence-corrected chi connectivity index (χ2v) is 7.19. The molecule has 4 saturated carbocycles. The molecule has 100 valence electrons. The van der Waals surface area contributed by atoms with Crippen molar-refractivity contribution in [3.8, 4) is 0 Å². The van der Waals surface area contributed by atoms with Crippen LogP contribution in [-0.4, -0.2) is 5.78 Å². The molecular formula is C18H22O. The Balaban J connectivity index is 1.64. The number of carbonyl (C=O) groups is 1. The van der Waals surface area contributed by atoms with Crippen LogP contribution in [0.1, 0.15) is 48.0 Å². The van der Waals surface area contributed by atoms with Crippen LogP contribution in [0.3, 0.4) is 0 Å². The van der Waals surface area contributed by atoms with Gasteiger partial charge in [-0.3, -0.25) is 4.79 Å². The zero-order valence-electron chi connectivity index (χ0n) is 11.6. The molecule has 4 aliphatic carbocycles. The molecule has 0 amide bonds. The van der Waals surface area contributed by atoms with Crippen LogP contribution in [0.4, 0.5) is 0 Å². The molecule has 4 aliphatic rings. The van der Waals surface area contributed by atoms with Crippen molar-refractivity contribution in [1.82, 2.24) is 0 Å². The van der Waals surface area contributed by atoms with Crippen LogP contribution in [0.25, 0.3) is 0 Å². The first-order valence-electron chi connectivity index (χ1n) is 7.81. The molecule has 4 bridgehead atoms. The van der Waals surface area contributed by atoms with Crippen molar-refractivity contribution >= 4 is 5.78 Å². The predicted octanol–water partition coefficient (Wildman–Crippen LogP) is 4.25. The average molecular weight is 254 g/mol. The molecule has 1 aromatic rings. The van der Waals surface area contributed by atoms with E-state index in [4.69, 9.17) is 0 Å². The van der Waals surface area contributed by atoms with Crippen LogP contribution >= 0.6 is 0 Å². The van der Waals surface area contributed by atoms with Gasteiger partial charge in [-0.1, -0.05) is 23.8 Å². The Labute approximate surface area is 115 Å². The molecule has 0 atom stereocenters. The number of hydrogen-bond donors (Lipinski definition) is 0. The van der Waals surface area contributed by atoms with E-state index in [0.29, 0.717) is 23.5 Å². The van der Waals surface area contributed by atoms with E-state index in [-0.39, 0.29) is 0 Å². The van der Waals surface area contributed by atoms with Crippen molar-refractivity contribution in [2.45, 2.75) is 39.0 Å². The fourth-order valence-electron chi connectivity index (χ4n) is 5.34. The molecule has 0 radical (unpaired) electrons. The Morgan fingerprint density at radius 3 is 2.21 bits per heavy atom. The quantitative estimate of drug-likeness (QED) is 0.721. The Bertz CT molecular complexity index is 488. The summed E-state index contributed by atoms with van der Waals surface area (Å²) in [6.07, 6.45) is 6.77. The first-order chi connectivity index (χ1) is 9.20. The van der Waals surface area contributed by atoms with Gasteiger partial charge in [0.25, 0.3) is 0 Å². The summed E-state index contributed by atoms with van der Waals surface area (Å²) in [5.41, 5.74) is 2.16. The molecule has 0 unspecified atom stereocenters. The number of benzene rings is 1. The lowest BCUT2D eigenvalue weighted by Crippen LogP contribution is -2.48. The second kappa shape index (κ2) is 4.19. The van der Waals surface area contributed by atoms with Gasteiger partial charge in [-0.25, -0.2) is 0 Å². The minimum absolute atomic E-state index is 0.342. The lowest BCUT2D eigenvalue weighted by atomic mass is 9.51. The molecule has 0 saturated heterocycles. The summed E-state index contributed by atoms with van der Waals surface area (Å²) in [6.45, 7) is 2.08. The zero-order chi connectivity index (χ0) is 13.0. The van der Waals surface area contributed by atoms with Gasteiger partial charge in [0, 0.05) is 11.5 Å². The highest BCUT2D eigenvalue weighted by atomic mass is 16.1. The fraction of sp³-hybridized carbons (Fsp3) is 0.611. The lowest BCUT2D eigenvalue weighted by molar-refractivity contribution is -0.0251. The van der Waals surface area contributed by atoms with Crippen molar-refractivity contribution in [2.24, 2.45) is 29.6 Å². The average Bonchev–Trinajstić information content (AvgIpc) is 2.37. The van der Waals surface area contributed by atoms with E-state index in [0.717, 1.165) is 17.4 Å². The van der Waals surface area contributed by atoms with E-state index in [1.54, 1.807) is 0 Å². The number of hydrogen-bond acceptors (Lipinski definition) is 1. The number of carbonyl (C=O) groups excluding carboxylic acids is 1. The maximum atomic E-state index is 12.9. The van der Waals surface area contributed by atoms with E-state index in [1.807, 2.05) is 12.1 Å². The van der Waals surface area contributed by atoms with Crippen molar-refractivity contribution in [3.63, 3.8) is 0 Å². The van der Waals surface area contributed by atoms with E-state index in [1.165, 1.54) is 37.7 Å². The maximum Gasteiger partial charge on any atom is 0.166 e. The molecule has 5 rings (SSSR count). The van der Waals surface area contributed by atoms with Crippen LogP contribution in [0.2, 0.25) is 0 Å². The van der Waals surface area contributed by atoms with Crippen LogP contribution < -0.4 is 0 Å². The van der Waals surface area contributed by atoms with Gasteiger partial charge >= 0.3 is 0 Å². The first kappa shape index (κ1) is 11.7. The van der Waals surface area contributed by atoms with Crippen molar-refractivity contribution in [3.05, 3.63) is 35.4 Å². The summed E-state index contributed by atoms with van der Waals surface area (Å²) < 4.78 is 0. The minimum atomic E-state index is 0.342. The summed E-state index contributed by atoms with van der Waals surface area (Å²) in [4.78, 5) is 12.9. The molecule has 0 spiro atoms. The van der Waals surface area contributed by atoms with Gasteiger partial charge in [-0.15, -0.1) is 0 Å². The number of rotatable bonds is 2. The van der Waals surface area contributed by atoms with Crippen LogP contribution in [0.5, 0.6) is 0 Å². The summed E-state index contributed by atoms with van der Waals surface area (Å²) in [6, 6.07) is 8.19. The van der Waals surface area contributed by atoms with Crippen molar-refractivity contribution in [2.75, 3.05) is 0 Å². The molecule has 1 heteroatoms. The molecule has 0 aliphatic heterocycles. The Hall–Kier alpha value is -1.11. The van der Waals surface area contributed by atoms with Crippen molar-refractivity contribution in [1.29, 1.82) is 0 Å². The van der Waals surface area contributed by atoms with Gasteiger partial charge < -0.3 is 0 Å². The highest BCUT2D eigenvalue weighted by molar-refractivity contribution is 5.98. The smallest absolute Gasteiger partial charge is 0.166 e. The molecule has 0 heterocycles. The van der Waals surface area contributed by atoms with E-state index >= 15 is 0 Å². The highest BCUT2D eigenvalue weighted by Crippen LogP contribution is 2.57. The van der Waals surface area contributed by atoms with Crippen LogP contribution in [0.15, 0.2) is 24.3 Å². The summed E-state index contributed by atoms with van der Waals surface area (Å²) in [5, 5.41) is 0. The zero-order valence-corrected chi connectivity index (χ0v) is 11.6. The maximum absolute atomic E-state index is 12.9. The van der Waals surface area contributed by atoms with E-state index < -0.39 is 0 Å². The Morgan fingerprint density at radius 1 is 1.00 bits per heavy atom. The van der Waals surface area contributed by atoms with Crippen LogP contribution in [0, 0.1) is 36.5 Å². The third-order valence-electron chi connectivity index (χ3n) is 5.83. The minimum Gasteiger partial charge on any atom is -0.294 e. The molecule has 1 nitrogen and oxygen atoms in total. The fourth-order valence-corrected chi connectivity index (χ4v) is 5.34. The van der Waals surface area contributed by atoms with Gasteiger partial charge in [0.15, 0.2) is 5.78 Å². The lowest BCUT2D eigenvalue weighted by Gasteiger charge is -2.53. The van der Waals surface area contributed by atoms with Gasteiger partial charge in [0.2, 0.25) is 0 Å². The molecule has 1 aromatic carbocycles. The van der Waals surface area contributed by atoms with Crippen LogP contribution in [-0.2, 0) is 0 Å². The molecule has 19 heavy (non-hydrogen) atoms. The summed E-state index contributed by atoms with van der Waals surface area (Å²) in [7, 11) is 0. The number of Topliss-reactive ketones (excluding diaryl/α,β-unsaturated/α-hetero) is 1. The largest absolute Gasteiger partial charge is 0.294 e.